The van der Waals surface area contributed by atoms with Crippen molar-refractivity contribution in [3.63, 3.8) is 0 Å². The second-order valence-corrected chi connectivity index (χ2v) is 6.79. The summed E-state index contributed by atoms with van der Waals surface area (Å²) in [6.45, 7) is 5.43. The minimum atomic E-state index is -0.0248. The van der Waals surface area contributed by atoms with Crippen molar-refractivity contribution in [2.75, 3.05) is 20.8 Å². The Morgan fingerprint density at radius 1 is 1.13 bits per heavy atom. The van der Waals surface area contributed by atoms with Crippen LogP contribution in [0, 0.1) is 0 Å². The van der Waals surface area contributed by atoms with Crippen molar-refractivity contribution in [2.45, 2.75) is 26.4 Å². The van der Waals surface area contributed by atoms with Crippen molar-refractivity contribution in [3.8, 4) is 17.2 Å². The Morgan fingerprint density at radius 2 is 1.97 bits per heavy atom. The number of nitrogens with one attached hydrogen (secondary N) is 2. The molecule has 0 aliphatic carbocycles. The van der Waals surface area contributed by atoms with E-state index in [0.717, 1.165) is 40.8 Å². The van der Waals surface area contributed by atoms with Gasteiger partial charge in [0.1, 0.15) is 11.5 Å². The Kier molecular flexibility index (Phi) is 9.64. The van der Waals surface area contributed by atoms with E-state index in [9.17, 15) is 0 Å². The standard InChI is InChI=1S/C23H29N5O2.HI/c1-5-24-23(27-17(2)21-15-20(29-3)10-11-22(21)30-4)25-16-18-8-6-9-19(14-18)28-13-7-12-26-28;/h6-15,17H,5,16H2,1-4H3,(H2,24,25,27);1H. The summed E-state index contributed by atoms with van der Waals surface area (Å²) >= 11 is 0. The lowest BCUT2D eigenvalue weighted by Gasteiger charge is -2.21. The number of guanidine groups is 1. The molecule has 0 bridgehead atoms. The summed E-state index contributed by atoms with van der Waals surface area (Å²) in [6, 6.07) is 15.9. The molecule has 1 heterocycles. The van der Waals surface area contributed by atoms with E-state index in [0.29, 0.717) is 6.54 Å². The molecule has 31 heavy (non-hydrogen) atoms. The first-order valence-electron chi connectivity index (χ1n) is 10.00. The summed E-state index contributed by atoms with van der Waals surface area (Å²) in [7, 11) is 3.33. The first-order valence-corrected chi connectivity index (χ1v) is 10.00. The van der Waals surface area contributed by atoms with Crippen molar-refractivity contribution in [2.24, 2.45) is 4.99 Å². The van der Waals surface area contributed by atoms with Crippen molar-refractivity contribution >= 4 is 29.9 Å². The van der Waals surface area contributed by atoms with Gasteiger partial charge < -0.3 is 20.1 Å². The maximum absolute atomic E-state index is 5.52. The summed E-state index contributed by atoms with van der Waals surface area (Å²) in [6.07, 6.45) is 3.70. The molecule has 166 valence electrons. The van der Waals surface area contributed by atoms with Crippen molar-refractivity contribution < 1.29 is 9.47 Å². The third kappa shape index (κ3) is 6.61. The van der Waals surface area contributed by atoms with Gasteiger partial charge in [0.05, 0.1) is 32.5 Å². The van der Waals surface area contributed by atoms with E-state index >= 15 is 0 Å². The van der Waals surface area contributed by atoms with Gasteiger partial charge in [-0.2, -0.15) is 5.10 Å². The predicted octanol–water partition coefficient (Wildman–Crippen LogP) is 4.32. The Hall–Kier alpha value is -2.75. The molecule has 0 radical (unpaired) electrons. The highest BCUT2D eigenvalue weighted by atomic mass is 127. The van der Waals surface area contributed by atoms with Gasteiger partial charge in [-0.15, -0.1) is 24.0 Å². The number of hydrogen-bond acceptors (Lipinski definition) is 4. The first-order chi connectivity index (χ1) is 14.6. The average Bonchev–Trinajstić information content (AvgIpc) is 3.32. The number of aliphatic imine (C=N–C) groups is 1. The molecule has 3 aromatic rings. The van der Waals surface area contributed by atoms with Gasteiger partial charge in [0.25, 0.3) is 0 Å². The molecular formula is C23H30IN5O2. The van der Waals surface area contributed by atoms with Crippen LogP contribution in [0.5, 0.6) is 11.5 Å². The fourth-order valence-electron chi connectivity index (χ4n) is 3.17. The SMILES string of the molecule is CCNC(=NCc1cccc(-n2cccn2)c1)NC(C)c1cc(OC)ccc1OC.I. The molecule has 2 N–H and O–H groups in total. The number of nitrogens with zero attached hydrogens (tertiary/aromatic N) is 3. The zero-order valence-electron chi connectivity index (χ0n) is 18.3. The molecule has 3 rings (SSSR count). The molecule has 0 aliphatic heterocycles. The van der Waals surface area contributed by atoms with Crippen LogP contribution in [-0.2, 0) is 6.54 Å². The Bertz CT molecular complexity index is 976. The van der Waals surface area contributed by atoms with E-state index in [1.807, 2.05) is 54.2 Å². The molecule has 1 unspecified atom stereocenters. The number of methoxy groups -OCH3 is 2. The zero-order chi connectivity index (χ0) is 21.3. The average molecular weight is 535 g/mol. The van der Waals surface area contributed by atoms with Gasteiger partial charge in [-0.05, 0) is 55.8 Å². The van der Waals surface area contributed by atoms with E-state index in [1.165, 1.54) is 0 Å². The van der Waals surface area contributed by atoms with Crippen molar-refractivity contribution in [3.05, 3.63) is 72.1 Å². The summed E-state index contributed by atoms with van der Waals surface area (Å²) in [5.41, 5.74) is 3.12. The normalized spacial score (nSPS) is 11.9. The highest BCUT2D eigenvalue weighted by molar-refractivity contribution is 14.0. The number of hydrogen-bond donors (Lipinski definition) is 2. The summed E-state index contributed by atoms with van der Waals surface area (Å²) in [5, 5.41) is 11.1. The van der Waals surface area contributed by atoms with E-state index in [2.05, 4.69) is 34.8 Å². The number of benzene rings is 2. The van der Waals surface area contributed by atoms with Gasteiger partial charge in [0, 0.05) is 24.5 Å². The molecule has 0 fully saturated rings. The van der Waals surface area contributed by atoms with Crippen LogP contribution >= 0.6 is 24.0 Å². The van der Waals surface area contributed by atoms with Gasteiger partial charge in [-0.3, -0.25) is 0 Å². The van der Waals surface area contributed by atoms with Gasteiger partial charge in [-0.1, -0.05) is 12.1 Å². The fourth-order valence-corrected chi connectivity index (χ4v) is 3.17. The van der Waals surface area contributed by atoms with E-state index < -0.39 is 0 Å². The Labute approximate surface area is 200 Å². The molecule has 0 saturated heterocycles. The molecule has 1 aromatic heterocycles. The smallest absolute Gasteiger partial charge is 0.192 e. The molecule has 8 heteroatoms. The first kappa shape index (κ1) is 24.5. The lowest BCUT2D eigenvalue weighted by atomic mass is 10.1. The van der Waals surface area contributed by atoms with Gasteiger partial charge in [0.2, 0.25) is 0 Å². The van der Waals surface area contributed by atoms with E-state index in [4.69, 9.17) is 14.5 Å². The maximum Gasteiger partial charge on any atom is 0.192 e. The second-order valence-electron chi connectivity index (χ2n) is 6.79. The molecular weight excluding hydrogens is 505 g/mol. The maximum atomic E-state index is 5.52. The van der Waals surface area contributed by atoms with Crippen LogP contribution in [0.15, 0.2) is 65.9 Å². The molecule has 0 aliphatic rings. The predicted molar refractivity (Wildman–Crippen MR) is 135 cm³/mol. The molecule has 1 atom stereocenters. The largest absolute Gasteiger partial charge is 0.497 e. The highest BCUT2D eigenvalue weighted by Crippen LogP contribution is 2.29. The number of aromatic nitrogens is 2. The Morgan fingerprint density at radius 3 is 2.65 bits per heavy atom. The minimum absolute atomic E-state index is 0. The van der Waals surface area contributed by atoms with E-state index in [-0.39, 0.29) is 30.0 Å². The van der Waals surface area contributed by atoms with Crippen LogP contribution in [0.25, 0.3) is 5.69 Å². The lowest BCUT2D eigenvalue weighted by molar-refractivity contribution is 0.394. The van der Waals surface area contributed by atoms with Crippen molar-refractivity contribution in [1.29, 1.82) is 0 Å². The highest BCUT2D eigenvalue weighted by Gasteiger charge is 2.14. The molecule has 7 nitrogen and oxygen atoms in total. The minimum Gasteiger partial charge on any atom is -0.497 e. The molecule has 0 amide bonds. The Balaban J connectivity index is 0.00000341. The molecule has 0 saturated carbocycles. The number of ether oxygens (including phenoxy) is 2. The van der Waals surface area contributed by atoms with Crippen molar-refractivity contribution in [1.82, 2.24) is 20.4 Å². The van der Waals surface area contributed by atoms with Crippen LogP contribution in [-0.4, -0.2) is 36.5 Å². The van der Waals surface area contributed by atoms with Crippen LogP contribution in [0.3, 0.4) is 0 Å². The van der Waals surface area contributed by atoms with Gasteiger partial charge in [-0.25, -0.2) is 9.67 Å². The van der Waals surface area contributed by atoms with Gasteiger partial charge >= 0.3 is 0 Å². The van der Waals surface area contributed by atoms with Crippen LogP contribution in [0.4, 0.5) is 0 Å². The number of halogens is 1. The lowest BCUT2D eigenvalue weighted by Crippen LogP contribution is -2.38. The summed E-state index contributed by atoms with van der Waals surface area (Å²) < 4.78 is 12.7. The molecule has 2 aromatic carbocycles. The fraction of sp³-hybridized carbons (Fsp3) is 0.304. The topological polar surface area (TPSA) is 72.7 Å². The summed E-state index contributed by atoms with van der Waals surface area (Å²) in [4.78, 5) is 4.76. The molecule has 0 spiro atoms. The van der Waals surface area contributed by atoms with Crippen LogP contribution in [0.2, 0.25) is 0 Å². The second kappa shape index (κ2) is 12.2. The van der Waals surface area contributed by atoms with Crippen LogP contribution < -0.4 is 20.1 Å². The number of rotatable bonds is 8. The zero-order valence-corrected chi connectivity index (χ0v) is 20.7. The van der Waals surface area contributed by atoms with Crippen LogP contribution in [0.1, 0.15) is 31.0 Å². The third-order valence-electron chi connectivity index (χ3n) is 4.70. The van der Waals surface area contributed by atoms with E-state index in [1.54, 1.807) is 20.4 Å². The third-order valence-corrected chi connectivity index (χ3v) is 4.70. The van der Waals surface area contributed by atoms with Gasteiger partial charge in [0.15, 0.2) is 5.96 Å². The summed E-state index contributed by atoms with van der Waals surface area (Å²) in [5.74, 6) is 2.33. The monoisotopic (exact) mass is 535 g/mol. The quantitative estimate of drug-likeness (QED) is 0.256.